The molecule has 2 aliphatic rings. The molecule has 3 heteroatoms. The summed E-state index contributed by atoms with van der Waals surface area (Å²) in [5.41, 5.74) is 6.37. The van der Waals surface area contributed by atoms with Crippen LogP contribution in [0.25, 0.3) is 0 Å². The van der Waals surface area contributed by atoms with Gasteiger partial charge < -0.3 is 10.5 Å². The lowest BCUT2D eigenvalue weighted by Crippen LogP contribution is -2.50. The van der Waals surface area contributed by atoms with Crippen LogP contribution in [0.4, 0.5) is 0 Å². The van der Waals surface area contributed by atoms with Gasteiger partial charge in [0.2, 0.25) is 0 Å². The van der Waals surface area contributed by atoms with Crippen LogP contribution in [0.3, 0.4) is 0 Å². The monoisotopic (exact) mass is 268 g/mol. The van der Waals surface area contributed by atoms with E-state index < -0.39 is 0 Å². The first-order chi connectivity index (χ1) is 9.08. The molecule has 2 fully saturated rings. The molecule has 3 nitrogen and oxygen atoms in total. The second-order valence-electron chi connectivity index (χ2n) is 6.87. The second kappa shape index (κ2) is 7.05. The van der Waals surface area contributed by atoms with Gasteiger partial charge in [0.15, 0.2) is 0 Å². The number of rotatable bonds is 4. The van der Waals surface area contributed by atoms with Crippen LogP contribution >= 0.6 is 0 Å². The summed E-state index contributed by atoms with van der Waals surface area (Å²) in [6.07, 6.45) is 7.36. The van der Waals surface area contributed by atoms with Gasteiger partial charge in [-0.3, -0.25) is 4.90 Å². The van der Waals surface area contributed by atoms with Gasteiger partial charge in [-0.1, -0.05) is 19.8 Å². The lowest BCUT2D eigenvalue weighted by molar-refractivity contribution is -0.0738. The lowest BCUT2D eigenvalue weighted by Gasteiger charge is -2.41. The van der Waals surface area contributed by atoms with Crippen molar-refractivity contribution in [3.63, 3.8) is 0 Å². The third-order valence-electron chi connectivity index (χ3n) is 4.83. The van der Waals surface area contributed by atoms with Crippen LogP contribution in [-0.4, -0.2) is 42.8 Å². The van der Waals surface area contributed by atoms with Gasteiger partial charge in [-0.15, -0.1) is 0 Å². The molecule has 5 atom stereocenters. The maximum Gasteiger partial charge on any atom is 0.0678 e. The first-order valence-corrected chi connectivity index (χ1v) is 8.21. The summed E-state index contributed by atoms with van der Waals surface area (Å²) in [5, 5.41) is 0. The van der Waals surface area contributed by atoms with E-state index in [1.54, 1.807) is 0 Å². The van der Waals surface area contributed by atoms with E-state index in [1.165, 1.54) is 38.6 Å². The Morgan fingerprint density at radius 1 is 1.16 bits per heavy atom. The van der Waals surface area contributed by atoms with Crippen molar-refractivity contribution in [3.8, 4) is 0 Å². The van der Waals surface area contributed by atoms with Crippen molar-refractivity contribution < 1.29 is 4.74 Å². The van der Waals surface area contributed by atoms with Gasteiger partial charge in [0.1, 0.15) is 0 Å². The number of nitrogens with zero attached hydrogens (tertiary/aromatic N) is 1. The fourth-order valence-electron chi connectivity index (χ4n) is 4.03. The number of hydrogen-bond donors (Lipinski definition) is 1. The molecule has 112 valence electrons. The predicted molar refractivity (Wildman–Crippen MR) is 80.2 cm³/mol. The van der Waals surface area contributed by atoms with Crippen LogP contribution < -0.4 is 5.73 Å². The summed E-state index contributed by atoms with van der Waals surface area (Å²) >= 11 is 0. The zero-order valence-corrected chi connectivity index (χ0v) is 13.0. The molecular formula is C16H32N2O. The second-order valence-corrected chi connectivity index (χ2v) is 6.87. The van der Waals surface area contributed by atoms with Crippen LogP contribution in [0, 0.1) is 11.8 Å². The Morgan fingerprint density at radius 2 is 1.84 bits per heavy atom. The zero-order valence-electron chi connectivity index (χ0n) is 13.0. The van der Waals surface area contributed by atoms with Gasteiger partial charge in [-0.25, -0.2) is 0 Å². The molecular weight excluding hydrogens is 236 g/mol. The third-order valence-corrected chi connectivity index (χ3v) is 4.83. The Hall–Kier alpha value is -0.120. The molecule has 0 spiro atoms. The molecule has 1 saturated heterocycles. The Morgan fingerprint density at radius 3 is 2.47 bits per heavy atom. The molecule has 2 N–H and O–H groups in total. The molecule has 1 aliphatic heterocycles. The van der Waals surface area contributed by atoms with Crippen molar-refractivity contribution in [3.05, 3.63) is 0 Å². The number of ether oxygens (including phenoxy) is 1. The normalized spacial score (nSPS) is 41.4. The molecule has 0 amide bonds. The van der Waals surface area contributed by atoms with Crippen LogP contribution in [0.1, 0.15) is 52.9 Å². The van der Waals surface area contributed by atoms with E-state index in [0.717, 1.165) is 19.0 Å². The highest BCUT2D eigenvalue weighted by atomic mass is 16.5. The fraction of sp³-hybridized carbons (Fsp3) is 1.00. The summed E-state index contributed by atoms with van der Waals surface area (Å²) in [7, 11) is 0. The molecule has 0 bridgehead atoms. The molecule has 0 radical (unpaired) electrons. The molecule has 1 saturated carbocycles. The fourth-order valence-corrected chi connectivity index (χ4v) is 4.03. The van der Waals surface area contributed by atoms with Crippen molar-refractivity contribution in [2.45, 2.75) is 71.1 Å². The zero-order chi connectivity index (χ0) is 13.8. The minimum absolute atomic E-state index is 0.370. The van der Waals surface area contributed by atoms with Crippen molar-refractivity contribution in [2.75, 3.05) is 19.6 Å². The summed E-state index contributed by atoms with van der Waals surface area (Å²) in [5.74, 6) is 1.62. The quantitative estimate of drug-likeness (QED) is 0.852. The summed E-state index contributed by atoms with van der Waals surface area (Å²) in [6.45, 7) is 10.00. The predicted octanol–water partition coefficient (Wildman–Crippen LogP) is 2.64. The van der Waals surface area contributed by atoms with E-state index in [1.807, 2.05) is 0 Å². The Balaban J connectivity index is 1.85. The average molecular weight is 268 g/mol. The van der Waals surface area contributed by atoms with Gasteiger partial charge in [-0.05, 0) is 44.9 Å². The van der Waals surface area contributed by atoms with Crippen molar-refractivity contribution in [1.29, 1.82) is 0 Å². The number of hydrogen-bond acceptors (Lipinski definition) is 3. The van der Waals surface area contributed by atoms with E-state index in [-0.39, 0.29) is 0 Å². The van der Waals surface area contributed by atoms with Crippen molar-refractivity contribution in [2.24, 2.45) is 17.6 Å². The van der Waals surface area contributed by atoms with Crippen molar-refractivity contribution in [1.82, 2.24) is 4.90 Å². The van der Waals surface area contributed by atoms with E-state index in [2.05, 4.69) is 25.7 Å². The van der Waals surface area contributed by atoms with Gasteiger partial charge in [0.05, 0.1) is 12.2 Å². The average Bonchev–Trinajstić information content (AvgIpc) is 2.32. The smallest absolute Gasteiger partial charge is 0.0678 e. The molecule has 0 aromatic heterocycles. The van der Waals surface area contributed by atoms with Crippen LogP contribution in [0.2, 0.25) is 0 Å². The maximum absolute atomic E-state index is 6.37. The van der Waals surface area contributed by atoms with E-state index in [9.17, 15) is 0 Å². The van der Waals surface area contributed by atoms with E-state index in [0.29, 0.717) is 24.2 Å². The van der Waals surface area contributed by atoms with Gasteiger partial charge >= 0.3 is 0 Å². The Bertz CT molecular complexity index is 261. The lowest BCUT2D eigenvalue weighted by atomic mass is 9.76. The highest BCUT2D eigenvalue weighted by molar-refractivity contribution is 4.86. The molecule has 1 aliphatic carbocycles. The van der Waals surface area contributed by atoms with Crippen molar-refractivity contribution >= 4 is 0 Å². The summed E-state index contributed by atoms with van der Waals surface area (Å²) in [4.78, 5) is 2.58. The van der Waals surface area contributed by atoms with Gasteiger partial charge in [0.25, 0.3) is 0 Å². The van der Waals surface area contributed by atoms with Gasteiger partial charge in [0, 0.05) is 25.7 Å². The van der Waals surface area contributed by atoms with E-state index >= 15 is 0 Å². The number of nitrogens with two attached hydrogens (primary N) is 1. The highest BCUT2D eigenvalue weighted by Crippen LogP contribution is 2.32. The standard InChI is InChI=1S/C16H32N2O/c1-4-5-14-6-7-16(17)15(8-14)11-18-9-12(2)19-13(3)10-18/h12-16H,4-11,17H2,1-3H3. The van der Waals surface area contributed by atoms with Crippen LogP contribution in [0.5, 0.6) is 0 Å². The number of morpholine rings is 1. The van der Waals surface area contributed by atoms with Crippen LogP contribution in [0.15, 0.2) is 0 Å². The molecule has 0 aromatic carbocycles. The molecule has 0 aromatic rings. The molecule has 19 heavy (non-hydrogen) atoms. The molecule has 1 heterocycles. The largest absolute Gasteiger partial charge is 0.373 e. The summed E-state index contributed by atoms with van der Waals surface area (Å²) < 4.78 is 5.82. The molecule has 2 rings (SSSR count). The Kier molecular flexibility index (Phi) is 5.67. The van der Waals surface area contributed by atoms with Crippen LogP contribution in [-0.2, 0) is 4.74 Å². The highest BCUT2D eigenvalue weighted by Gasteiger charge is 2.31. The SMILES string of the molecule is CCCC1CCC(N)C(CN2CC(C)OC(C)C2)C1. The van der Waals surface area contributed by atoms with Gasteiger partial charge in [-0.2, -0.15) is 0 Å². The first-order valence-electron chi connectivity index (χ1n) is 8.21. The summed E-state index contributed by atoms with van der Waals surface area (Å²) in [6, 6.07) is 0.418. The first kappa shape index (κ1) is 15.3. The topological polar surface area (TPSA) is 38.5 Å². The van der Waals surface area contributed by atoms with E-state index in [4.69, 9.17) is 10.5 Å². The molecule has 5 unspecified atom stereocenters. The Labute approximate surface area is 118 Å². The minimum Gasteiger partial charge on any atom is -0.373 e. The third kappa shape index (κ3) is 4.44. The maximum atomic E-state index is 6.37. The minimum atomic E-state index is 0.370.